The minimum absolute atomic E-state index is 0.0156. The third-order valence-electron chi connectivity index (χ3n) is 2.79. The molecule has 0 amide bonds. The lowest BCUT2D eigenvalue weighted by molar-refractivity contribution is 0.0728. The van der Waals surface area contributed by atoms with Crippen molar-refractivity contribution in [1.82, 2.24) is 0 Å². The first kappa shape index (κ1) is 10.8. The minimum atomic E-state index is -0.188. The molecular weight excluding hydrogens is 210 g/mol. The zero-order chi connectivity index (χ0) is 11.2. The average Bonchev–Trinajstić information content (AvgIpc) is 2.07. The summed E-state index contributed by atoms with van der Waals surface area (Å²) in [7, 11) is 0. The molecule has 0 bridgehead atoms. The SMILES string of the molecule is Cc1cc2c(cc1Cl)[C@H](N)CC(C)(C)O2. The number of aryl methyl sites for hydroxylation is 1. The Morgan fingerprint density at radius 1 is 1.47 bits per heavy atom. The molecule has 0 saturated heterocycles. The Morgan fingerprint density at radius 2 is 2.13 bits per heavy atom. The quantitative estimate of drug-likeness (QED) is 0.736. The Morgan fingerprint density at radius 3 is 2.80 bits per heavy atom. The number of fused-ring (bicyclic) bond motifs is 1. The zero-order valence-corrected chi connectivity index (χ0v) is 10.1. The first-order valence-corrected chi connectivity index (χ1v) is 5.51. The molecule has 1 aliphatic rings. The highest BCUT2D eigenvalue weighted by atomic mass is 35.5. The molecule has 0 spiro atoms. The number of benzene rings is 1. The molecular formula is C12H16ClNO. The number of rotatable bonds is 0. The highest BCUT2D eigenvalue weighted by molar-refractivity contribution is 6.31. The summed E-state index contributed by atoms with van der Waals surface area (Å²) < 4.78 is 5.89. The van der Waals surface area contributed by atoms with Crippen molar-refractivity contribution in [2.45, 2.75) is 38.8 Å². The molecule has 0 aliphatic carbocycles. The normalized spacial score (nSPS) is 23.1. The van der Waals surface area contributed by atoms with Crippen LogP contribution in [0.5, 0.6) is 5.75 Å². The van der Waals surface area contributed by atoms with Gasteiger partial charge in [0.1, 0.15) is 11.4 Å². The Hall–Kier alpha value is -0.730. The standard InChI is InChI=1S/C12H16ClNO/c1-7-4-11-8(5-9(7)13)10(14)6-12(2,3)15-11/h4-5,10H,6,14H2,1-3H3/t10-/m1/s1. The highest BCUT2D eigenvalue weighted by Gasteiger charge is 2.32. The molecule has 15 heavy (non-hydrogen) atoms. The summed E-state index contributed by atoms with van der Waals surface area (Å²) in [6.07, 6.45) is 0.819. The van der Waals surface area contributed by atoms with E-state index in [1.165, 1.54) is 0 Å². The van der Waals surface area contributed by atoms with Crippen LogP contribution in [0.3, 0.4) is 0 Å². The summed E-state index contributed by atoms with van der Waals surface area (Å²) in [5.41, 5.74) is 7.96. The van der Waals surface area contributed by atoms with E-state index in [0.29, 0.717) is 0 Å². The summed E-state index contributed by atoms with van der Waals surface area (Å²) in [6.45, 7) is 6.08. The van der Waals surface area contributed by atoms with E-state index >= 15 is 0 Å². The molecule has 1 aromatic rings. The fourth-order valence-corrected chi connectivity index (χ4v) is 2.20. The van der Waals surface area contributed by atoms with Crippen LogP contribution >= 0.6 is 11.6 Å². The third-order valence-corrected chi connectivity index (χ3v) is 3.20. The van der Waals surface area contributed by atoms with Gasteiger partial charge in [0.05, 0.1) is 0 Å². The maximum absolute atomic E-state index is 6.10. The summed E-state index contributed by atoms with van der Waals surface area (Å²) >= 11 is 6.07. The monoisotopic (exact) mass is 225 g/mol. The second-order valence-electron chi connectivity index (χ2n) is 4.81. The Balaban J connectivity index is 2.51. The summed E-state index contributed by atoms with van der Waals surface area (Å²) in [4.78, 5) is 0. The molecule has 0 aromatic heterocycles. The average molecular weight is 226 g/mol. The van der Waals surface area contributed by atoms with Crippen molar-refractivity contribution in [3.8, 4) is 5.75 Å². The molecule has 2 nitrogen and oxygen atoms in total. The number of hydrogen-bond acceptors (Lipinski definition) is 2. The van der Waals surface area contributed by atoms with Gasteiger partial charge in [0.2, 0.25) is 0 Å². The topological polar surface area (TPSA) is 35.2 Å². The van der Waals surface area contributed by atoms with Crippen molar-refractivity contribution in [2.24, 2.45) is 5.73 Å². The Labute approximate surface area is 95.4 Å². The van der Waals surface area contributed by atoms with Crippen LogP contribution in [0.1, 0.15) is 37.4 Å². The smallest absolute Gasteiger partial charge is 0.125 e. The lowest BCUT2D eigenvalue weighted by atomic mass is 9.90. The summed E-state index contributed by atoms with van der Waals surface area (Å²) in [5.74, 6) is 0.876. The summed E-state index contributed by atoms with van der Waals surface area (Å²) in [5, 5.41) is 0.757. The molecule has 1 heterocycles. The number of halogens is 1. The van der Waals surface area contributed by atoms with Crippen LogP contribution in [0.2, 0.25) is 5.02 Å². The van der Waals surface area contributed by atoms with Gasteiger partial charge in [0.15, 0.2) is 0 Å². The maximum atomic E-state index is 6.10. The van der Waals surface area contributed by atoms with Crippen molar-refractivity contribution < 1.29 is 4.74 Å². The van der Waals surface area contributed by atoms with E-state index in [1.54, 1.807) is 0 Å². The fraction of sp³-hybridized carbons (Fsp3) is 0.500. The molecule has 0 fully saturated rings. The van der Waals surface area contributed by atoms with Gasteiger partial charge in [-0.2, -0.15) is 0 Å². The molecule has 0 radical (unpaired) electrons. The van der Waals surface area contributed by atoms with E-state index in [4.69, 9.17) is 22.1 Å². The molecule has 0 saturated carbocycles. The number of hydrogen-bond donors (Lipinski definition) is 1. The van der Waals surface area contributed by atoms with Gasteiger partial charge in [-0.05, 0) is 38.5 Å². The highest BCUT2D eigenvalue weighted by Crippen LogP contribution is 2.40. The maximum Gasteiger partial charge on any atom is 0.125 e. The first-order chi connectivity index (χ1) is 6.89. The molecule has 2 rings (SSSR count). The van der Waals surface area contributed by atoms with Crippen molar-refractivity contribution in [2.75, 3.05) is 0 Å². The second kappa shape index (κ2) is 3.39. The van der Waals surface area contributed by atoms with Gasteiger partial charge >= 0.3 is 0 Å². The molecule has 82 valence electrons. The van der Waals surface area contributed by atoms with Gasteiger partial charge in [-0.3, -0.25) is 0 Å². The van der Waals surface area contributed by atoms with Crippen LogP contribution in [0.4, 0.5) is 0 Å². The second-order valence-corrected chi connectivity index (χ2v) is 5.22. The van der Waals surface area contributed by atoms with Crippen LogP contribution < -0.4 is 10.5 Å². The van der Waals surface area contributed by atoms with Gasteiger partial charge in [-0.1, -0.05) is 11.6 Å². The van der Waals surface area contributed by atoms with E-state index in [0.717, 1.165) is 28.3 Å². The van der Waals surface area contributed by atoms with Crippen molar-refractivity contribution in [3.63, 3.8) is 0 Å². The van der Waals surface area contributed by atoms with Gasteiger partial charge in [-0.15, -0.1) is 0 Å². The van der Waals surface area contributed by atoms with E-state index in [1.807, 2.05) is 19.1 Å². The van der Waals surface area contributed by atoms with E-state index < -0.39 is 0 Å². The molecule has 0 unspecified atom stereocenters. The minimum Gasteiger partial charge on any atom is -0.487 e. The first-order valence-electron chi connectivity index (χ1n) is 5.14. The predicted molar refractivity (Wildman–Crippen MR) is 62.4 cm³/mol. The summed E-state index contributed by atoms with van der Waals surface area (Å²) in [6, 6.07) is 3.91. The zero-order valence-electron chi connectivity index (χ0n) is 9.30. The molecule has 1 atom stereocenters. The van der Waals surface area contributed by atoms with Gasteiger partial charge in [0, 0.05) is 23.0 Å². The van der Waals surface area contributed by atoms with E-state index in [9.17, 15) is 0 Å². The Kier molecular flexibility index (Phi) is 2.44. The van der Waals surface area contributed by atoms with Crippen molar-refractivity contribution in [3.05, 3.63) is 28.3 Å². The molecule has 2 N–H and O–H groups in total. The van der Waals surface area contributed by atoms with E-state index in [-0.39, 0.29) is 11.6 Å². The van der Waals surface area contributed by atoms with E-state index in [2.05, 4.69) is 13.8 Å². The van der Waals surface area contributed by atoms with Crippen LogP contribution in [0, 0.1) is 6.92 Å². The lowest BCUT2D eigenvalue weighted by Crippen LogP contribution is -2.37. The fourth-order valence-electron chi connectivity index (χ4n) is 2.03. The molecule has 1 aromatic carbocycles. The van der Waals surface area contributed by atoms with Gasteiger partial charge in [-0.25, -0.2) is 0 Å². The van der Waals surface area contributed by atoms with Crippen LogP contribution in [0.25, 0.3) is 0 Å². The molecule has 3 heteroatoms. The van der Waals surface area contributed by atoms with Gasteiger partial charge < -0.3 is 10.5 Å². The van der Waals surface area contributed by atoms with Crippen LogP contribution in [0.15, 0.2) is 12.1 Å². The number of nitrogens with two attached hydrogens (primary N) is 1. The predicted octanol–water partition coefficient (Wildman–Crippen LogP) is 3.21. The van der Waals surface area contributed by atoms with Crippen molar-refractivity contribution in [1.29, 1.82) is 0 Å². The van der Waals surface area contributed by atoms with Crippen LogP contribution in [-0.4, -0.2) is 5.60 Å². The lowest BCUT2D eigenvalue weighted by Gasteiger charge is -2.36. The Bertz CT molecular complexity index is 401. The van der Waals surface area contributed by atoms with Crippen LogP contribution in [-0.2, 0) is 0 Å². The number of ether oxygens (including phenoxy) is 1. The third kappa shape index (κ3) is 1.97. The van der Waals surface area contributed by atoms with Crippen molar-refractivity contribution >= 4 is 11.6 Å². The molecule has 1 aliphatic heterocycles. The largest absolute Gasteiger partial charge is 0.487 e. The van der Waals surface area contributed by atoms with Gasteiger partial charge in [0.25, 0.3) is 0 Å².